The Morgan fingerprint density at radius 1 is 1.33 bits per heavy atom. The fourth-order valence-corrected chi connectivity index (χ4v) is 1.87. The number of alkyl halides is 3. The number of carbonyl (C=O) groups is 1. The number of halogens is 4. The average molecular weight is 307 g/mol. The van der Waals surface area contributed by atoms with Crippen LogP contribution < -0.4 is 5.32 Å². The minimum Gasteiger partial charge on any atom is -0.388 e. The fourth-order valence-electron chi connectivity index (χ4n) is 1.87. The van der Waals surface area contributed by atoms with Crippen LogP contribution in [0.25, 0.3) is 0 Å². The highest BCUT2D eigenvalue weighted by molar-refractivity contribution is 5.94. The first-order valence-corrected chi connectivity index (χ1v) is 6.44. The molecule has 1 amide bonds. The summed E-state index contributed by atoms with van der Waals surface area (Å²) >= 11 is 0. The van der Waals surface area contributed by atoms with E-state index in [0.29, 0.717) is 31.0 Å². The van der Waals surface area contributed by atoms with Crippen LogP contribution >= 0.6 is 0 Å². The van der Waals surface area contributed by atoms with Crippen molar-refractivity contribution in [2.24, 2.45) is 0 Å². The summed E-state index contributed by atoms with van der Waals surface area (Å²) in [6.07, 6.45) is -3.59. The predicted molar refractivity (Wildman–Crippen MR) is 69.3 cm³/mol. The summed E-state index contributed by atoms with van der Waals surface area (Å²) < 4.78 is 51.1. The van der Waals surface area contributed by atoms with Gasteiger partial charge in [-0.1, -0.05) is 13.3 Å². The van der Waals surface area contributed by atoms with E-state index in [-0.39, 0.29) is 6.54 Å². The number of amides is 1. The maximum atomic E-state index is 13.5. The zero-order valence-corrected chi connectivity index (χ0v) is 11.7. The molecular formula is C14H17F4NO2. The molecule has 1 rings (SSSR count). The molecule has 0 radical (unpaired) electrons. The number of carbonyl (C=O) groups excluding carboxylic acids is 1. The highest BCUT2D eigenvalue weighted by Crippen LogP contribution is 2.30. The average Bonchev–Trinajstić information content (AvgIpc) is 2.35. The molecule has 21 heavy (non-hydrogen) atoms. The molecule has 118 valence electrons. The van der Waals surface area contributed by atoms with E-state index in [1.165, 1.54) is 6.92 Å². The Labute approximate surface area is 120 Å². The van der Waals surface area contributed by atoms with Crippen molar-refractivity contribution in [3.05, 3.63) is 35.1 Å². The van der Waals surface area contributed by atoms with Gasteiger partial charge in [0.05, 0.1) is 16.7 Å². The molecule has 0 aromatic heterocycles. The van der Waals surface area contributed by atoms with E-state index in [1.54, 1.807) is 0 Å². The standard InChI is InChI=1S/C14H17F4NO2/c1-3-6-13(2,21)8-19-12(20)10-7-9(14(16,17)18)4-5-11(10)15/h4-5,7,21H,3,6,8H2,1-2H3,(H,19,20). The second kappa shape index (κ2) is 6.43. The molecular weight excluding hydrogens is 290 g/mol. The van der Waals surface area contributed by atoms with Crippen LogP contribution in [0.5, 0.6) is 0 Å². The van der Waals surface area contributed by atoms with Crippen molar-refractivity contribution in [3.63, 3.8) is 0 Å². The maximum absolute atomic E-state index is 13.5. The summed E-state index contributed by atoms with van der Waals surface area (Å²) in [6.45, 7) is 3.15. The normalized spacial score (nSPS) is 14.6. The lowest BCUT2D eigenvalue weighted by Crippen LogP contribution is -2.40. The van der Waals surface area contributed by atoms with Crippen molar-refractivity contribution in [1.29, 1.82) is 0 Å². The lowest BCUT2D eigenvalue weighted by atomic mass is 10.0. The predicted octanol–water partition coefficient (Wildman–Crippen LogP) is 3.13. The lowest BCUT2D eigenvalue weighted by molar-refractivity contribution is -0.137. The second-order valence-corrected chi connectivity index (χ2v) is 5.12. The van der Waals surface area contributed by atoms with E-state index in [1.807, 2.05) is 6.92 Å². The van der Waals surface area contributed by atoms with Gasteiger partial charge in [-0.05, 0) is 31.5 Å². The molecule has 0 aliphatic heterocycles. The van der Waals surface area contributed by atoms with Gasteiger partial charge in [-0.2, -0.15) is 13.2 Å². The Morgan fingerprint density at radius 2 is 1.95 bits per heavy atom. The quantitative estimate of drug-likeness (QED) is 0.821. The fraction of sp³-hybridized carbons (Fsp3) is 0.500. The summed E-state index contributed by atoms with van der Waals surface area (Å²) in [7, 11) is 0. The van der Waals surface area contributed by atoms with Gasteiger partial charge in [-0.25, -0.2) is 4.39 Å². The van der Waals surface area contributed by atoms with Gasteiger partial charge in [0.2, 0.25) is 0 Å². The molecule has 0 aliphatic rings. The van der Waals surface area contributed by atoms with Crippen LogP contribution in [-0.4, -0.2) is 23.2 Å². The molecule has 0 aliphatic carbocycles. The third-order valence-electron chi connectivity index (χ3n) is 2.96. The maximum Gasteiger partial charge on any atom is 0.416 e. The van der Waals surface area contributed by atoms with E-state index in [9.17, 15) is 27.5 Å². The molecule has 0 saturated heterocycles. The summed E-state index contributed by atoms with van der Waals surface area (Å²) in [4.78, 5) is 11.8. The Hall–Kier alpha value is -1.63. The number of nitrogens with one attached hydrogen (secondary N) is 1. The first kappa shape index (κ1) is 17.4. The Kier molecular flexibility index (Phi) is 5.33. The lowest BCUT2D eigenvalue weighted by Gasteiger charge is -2.23. The largest absolute Gasteiger partial charge is 0.416 e. The van der Waals surface area contributed by atoms with Gasteiger partial charge >= 0.3 is 6.18 Å². The van der Waals surface area contributed by atoms with Crippen LogP contribution in [-0.2, 0) is 6.18 Å². The van der Waals surface area contributed by atoms with E-state index < -0.39 is 34.6 Å². The van der Waals surface area contributed by atoms with Crippen molar-refractivity contribution in [2.45, 2.75) is 38.5 Å². The molecule has 3 nitrogen and oxygen atoms in total. The summed E-state index contributed by atoms with van der Waals surface area (Å²) in [5.41, 5.74) is -2.99. The van der Waals surface area contributed by atoms with Crippen LogP contribution in [0.3, 0.4) is 0 Å². The number of hydrogen-bond acceptors (Lipinski definition) is 2. The number of aliphatic hydroxyl groups is 1. The first-order valence-electron chi connectivity index (χ1n) is 6.44. The molecule has 1 unspecified atom stereocenters. The van der Waals surface area contributed by atoms with Crippen molar-refractivity contribution >= 4 is 5.91 Å². The molecule has 1 aromatic carbocycles. The number of hydrogen-bond donors (Lipinski definition) is 2. The zero-order chi connectivity index (χ0) is 16.3. The molecule has 0 bridgehead atoms. The topological polar surface area (TPSA) is 49.3 Å². The highest BCUT2D eigenvalue weighted by atomic mass is 19.4. The molecule has 1 aromatic rings. The van der Waals surface area contributed by atoms with Gasteiger partial charge in [0, 0.05) is 6.54 Å². The van der Waals surface area contributed by atoms with E-state index in [4.69, 9.17) is 0 Å². The number of rotatable bonds is 5. The van der Waals surface area contributed by atoms with Gasteiger partial charge in [0.1, 0.15) is 5.82 Å². The van der Waals surface area contributed by atoms with Gasteiger partial charge in [-0.15, -0.1) is 0 Å². The van der Waals surface area contributed by atoms with Crippen LogP contribution in [0, 0.1) is 5.82 Å². The zero-order valence-electron chi connectivity index (χ0n) is 11.7. The Morgan fingerprint density at radius 3 is 2.48 bits per heavy atom. The monoisotopic (exact) mass is 307 g/mol. The van der Waals surface area contributed by atoms with Crippen LogP contribution in [0.2, 0.25) is 0 Å². The van der Waals surface area contributed by atoms with E-state index in [2.05, 4.69) is 5.32 Å². The molecule has 0 heterocycles. The highest BCUT2D eigenvalue weighted by Gasteiger charge is 2.32. The van der Waals surface area contributed by atoms with E-state index in [0.717, 1.165) is 0 Å². The number of benzene rings is 1. The smallest absolute Gasteiger partial charge is 0.388 e. The third kappa shape index (κ3) is 5.00. The van der Waals surface area contributed by atoms with Crippen molar-refractivity contribution in [2.75, 3.05) is 6.54 Å². The third-order valence-corrected chi connectivity index (χ3v) is 2.96. The van der Waals surface area contributed by atoms with Crippen LogP contribution in [0.1, 0.15) is 42.6 Å². The summed E-state index contributed by atoms with van der Waals surface area (Å²) in [5, 5.41) is 12.1. The second-order valence-electron chi connectivity index (χ2n) is 5.12. The van der Waals surface area contributed by atoms with Gasteiger partial charge < -0.3 is 10.4 Å². The van der Waals surface area contributed by atoms with Crippen LogP contribution in [0.4, 0.5) is 17.6 Å². The van der Waals surface area contributed by atoms with Crippen molar-refractivity contribution in [3.8, 4) is 0 Å². The summed E-state index contributed by atoms with van der Waals surface area (Å²) in [5.74, 6) is -2.04. The minimum absolute atomic E-state index is 0.171. The van der Waals surface area contributed by atoms with Crippen molar-refractivity contribution < 1.29 is 27.5 Å². The SMILES string of the molecule is CCCC(C)(O)CNC(=O)c1cc(C(F)(F)F)ccc1F. The molecule has 2 N–H and O–H groups in total. The first-order chi connectivity index (χ1) is 9.57. The van der Waals surface area contributed by atoms with Crippen LogP contribution in [0.15, 0.2) is 18.2 Å². The molecule has 1 atom stereocenters. The Bertz CT molecular complexity index is 512. The van der Waals surface area contributed by atoms with Gasteiger partial charge in [0.15, 0.2) is 0 Å². The molecule has 0 fully saturated rings. The van der Waals surface area contributed by atoms with Gasteiger partial charge in [-0.3, -0.25) is 4.79 Å². The Balaban J connectivity index is 2.88. The van der Waals surface area contributed by atoms with E-state index >= 15 is 0 Å². The summed E-state index contributed by atoms with van der Waals surface area (Å²) in [6, 6.07) is 1.63. The van der Waals surface area contributed by atoms with Crippen molar-refractivity contribution in [1.82, 2.24) is 5.32 Å². The molecule has 7 heteroatoms. The minimum atomic E-state index is -4.66. The molecule has 0 spiro atoms. The van der Waals surface area contributed by atoms with Gasteiger partial charge in [0.25, 0.3) is 5.91 Å². The molecule has 0 saturated carbocycles.